The number of piperidine rings is 1. The van der Waals surface area contributed by atoms with Crippen molar-refractivity contribution in [2.24, 2.45) is 13.0 Å². The minimum absolute atomic E-state index is 0.0855. The minimum Gasteiger partial charge on any atom is -0.478 e. The van der Waals surface area contributed by atoms with Crippen LogP contribution in [-0.4, -0.2) is 65.6 Å². The number of rotatable bonds is 8. The third-order valence-electron chi connectivity index (χ3n) is 6.64. The van der Waals surface area contributed by atoms with Crippen molar-refractivity contribution in [1.29, 1.82) is 0 Å². The molecular formula is C25H29N9O3. The minimum atomic E-state index is -1.05. The summed E-state index contributed by atoms with van der Waals surface area (Å²) < 4.78 is 1.64. The van der Waals surface area contributed by atoms with Crippen LogP contribution < -0.4 is 15.5 Å². The zero-order chi connectivity index (χ0) is 25.9. The second-order valence-electron chi connectivity index (χ2n) is 9.16. The van der Waals surface area contributed by atoms with Gasteiger partial charge in [-0.3, -0.25) is 4.98 Å². The van der Waals surface area contributed by atoms with Gasteiger partial charge in [-0.15, -0.1) is 0 Å². The van der Waals surface area contributed by atoms with Crippen LogP contribution in [-0.2, 0) is 7.05 Å². The third kappa shape index (κ3) is 5.28. The molecule has 0 unspecified atom stereocenters. The second kappa shape index (κ2) is 10.3. The molecule has 1 aliphatic heterocycles. The number of hydrogen-bond acceptors (Lipinski definition) is 10. The molecule has 1 aliphatic rings. The first kappa shape index (κ1) is 24.4. The van der Waals surface area contributed by atoms with Crippen molar-refractivity contribution >= 4 is 46.0 Å². The molecule has 0 saturated carbocycles. The molecule has 192 valence electrons. The van der Waals surface area contributed by atoms with E-state index in [1.54, 1.807) is 31.0 Å². The van der Waals surface area contributed by atoms with E-state index in [4.69, 9.17) is 0 Å². The molecule has 5 heterocycles. The van der Waals surface area contributed by atoms with Crippen molar-refractivity contribution in [2.75, 3.05) is 35.2 Å². The van der Waals surface area contributed by atoms with Gasteiger partial charge in [-0.05, 0) is 44.2 Å². The predicted octanol–water partition coefficient (Wildman–Crippen LogP) is 3.25. The van der Waals surface area contributed by atoms with Crippen molar-refractivity contribution in [2.45, 2.75) is 26.2 Å². The van der Waals surface area contributed by atoms with E-state index in [-0.39, 0.29) is 12.2 Å². The van der Waals surface area contributed by atoms with E-state index in [9.17, 15) is 15.0 Å². The van der Waals surface area contributed by atoms with Gasteiger partial charge in [0.25, 0.3) is 0 Å². The second-order valence-corrected chi connectivity index (χ2v) is 9.16. The number of carbonyl (C=O) groups is 1. The highest BCUT2D eigenvalue weighted by Gasteiger charge is 2.20. The standard InChI is InChI=1S/C25H29N9O3/c1-15-20(11-17(13-27-15)24(36)37)30-22-19-14-28-25(31-23(19)33(2)32-22)29-18-3-7-26-21(12-18)34-8-4-16(5-9-34)6-10-35/h3,7,11-14,16,35H,4-6,8-10H2,1-2H3,(H,30,32)(H,36,37)(H,26,28,29,31). The van der Waals surface area contributed by atoms with Crippen molar-refractivity contribution < 1.29 is 15.0 Å². The lowest BCUT2D eigenvalue weighted by molar-refractivity contribution is 0.0696. The molecule has 4 N–H and O–H groups in total. The number of carboxylic acids is 1. The Labute approximate surface area is 213 Å². The van der Waals surface area contributed by atoms with Crippen molar-refractivity contribution in [3.63, 3.8) is 0 Å². The maximum absolute atomic E-state index is 11.3. The lowest BCUT2D eigenvalue weighted by atomic mass is 9.94. The van der Waals surface area contributed by atoms with E-state index in [1.165, 1.54) is 12.3 Å². The Hall–Kier alpha value is -4.32. The Morgan fingerprint density at radius 3 is 2.70 bits per heavy atom. The lowest BCUT2D eigenvalue weighted by Crippen LogP contribution is -2.34. The molecule has 12 heteroatoms. The number of pyridine rings is 2. The smallest absolute Gasteiger partial charge is 0.337 e. The van der Waals surface area contributed by atoms with Crippen molar-refractivity contribution in [3.8, 4) is 0 Å². The van der Waals surface area contributed by atoms with E-state index in [1.807, 2.05) is 12.1 Å². The van der Waals surface area contributed by atoms with Gasteiger partial charge in [0.05, 0.1) is 22.3 Å². The lowest BCUT2D eigenvalue weighted by Gasteiger charge is -2.32. The summed E-state index contributed by atoms with van der Waals surface area (Å²) in [6, 6.07) is 5.39. The van der Waals surface area contributed by atoms with Gasteiger partial charge in [-0.25, -0.2) is 19.4 Å². The number of fused-ring (bicyclic) bond motifs is 1. The number of hydrogen-bond donors (Lipinski definition) is 4. The number of nitrogens with one attached hydrogen (secondary N) is 2. The molecule has 4 aromatic rings. The van der Waals surface area contributed by atoms with Gasteiger partial charge in [0.1, 0.15) is 5.82 Å². The van der Waals surface area contributed by atoms with Crippen LogP contribution in [0.4, 0.5) is 29.0 Å². The van der Waals surface area contributed by atoms with E-state index < -0.39 is 5.97 Å². The molecule has 0 spiro atoms. The molecule has 12 nitrogen and oxygen atoms in total. The monoisotopic (exact) mass is 503 g/mol. The number of nitrogens with zero attached hydrogens (tertiary/aromatic N) is 7. The zero-order valence-electron chi connectivity index (χ0n) is 20.7. The summed E-state index contributed by atoms with van der Waals surface area (Å²) in [6.45, 7) is 3.87. The van der Waals surface area contributed by atoms with Crippen molar-refractivity contribution in [3.05, 3.63) is 48.0 Å². The maximum atomic E-state index is 11.3. The van der Waals surface area contributed by atoms with Crippen LogP contribution in [0, 0.1) is 12.8 Å². The largest absolute Gasteiger partial charge is 0.478 e. The first-order chi connectivity index (χ1) is 17.9. The molecule has 0 aromatic carbocycles. The van der Waals surface area contributed by atoms with E-state index in [2.05, 4.69) is 40.6 Å². The summed E-state index contributed by atoms with van der Waals surface area (Å²) >= 11 is 0. The average Bonchev–Trinajstić information content (AvgIpc) is 3.20. The Morgan fingerprint density at radius 2 is 1.95 bits per heavy atom. The van der Waals surface area contributed by atoms with Gasteiger partial charge >= 0.3 is 5.97 Å². The zero-order valence-corrected chi connectivity index (χ0v) is 20.7. The number of carboxylic acid groups (broad SMARTS) is 1. The molecule has 0 amide bonds. The number of aliphatic hydroxyl groups excluding tert-OH is 1. The van der Waals surface area contributed by atoms with Gasteiger partial charge in [0.15, 0.2) is 11.5 Å². The SMILES string of the molecule is Cc1ncc(C(=O)O)cc1Nc1nn(C)c2nc(Nc3ccnc(N4CCC(CCO)CC4)c3)ncc12. The van der Waals surface area contributed by atoms with Gasteiger partial charge < -0.3 is 25.7 Å². The summed E-state index contributed by atoms with van der Waals surface area (Å²) in [5.41, 5.74) is 2.72. The molecule has 1 fully saturated rings. The Bertz CT molecular complexity index is 1430. The van der Waals surface area contributed by atoms with E-state index in [0.29, 0.717) is 40.1 Å². The van der Waals surface area contributed by atoms with Crippen LogP contribution in [0.2, 0.25) is 0 Å². The van der Waals surface area contributed by atoms with Gasteiger partial charge in [-0.2, -0.15) is 10.1 Å². The number of aromatic nitrogens is 6. The third-order valence-corrected chi connectivity index (χ3v) is 6.64. The Balaban J connectivity index is 1.33. The molecular weight excluding hydrogens is 474 g/mol. The highest BCUT2D eigenvalue weighted by atomic mass is 16.4. The normalized spacial score (nSPS) is 14.2. The van der Waals surface area contributed by atoms with E-state index in [0.717, 1.165) is 43.9 Å². The van der Waals surface area contributed by atoms with Crippen LogP contribution in [0.15, 0.2) is 36.8 Å². The summed E-state index contributed by atoms with van der Waals surface area (Å²) in [5.74, 6) is 1.35. The van der Waals surface area contributed by atoms with Gasteiger partial charge in [0.2, 0.25) is 5.95 Å². The van der Waals surface area contributed by atoms with Crippen LogP contribution in [0.25, 0.3) is 11.0 Å². The van der Waals surface area contributed by atoms with Gasteiger partial charge in [-0.1, -0.05) is 0 Å². The topological polar surface area (TPSA) is 154 Å². The van der Waals surface area contributed by atoms with Crippen LogP contribution in [0.1, 0.15) is 35.3 Å². The predicted molar refractivity (Wildman–Crippen MR) is 140 cm³/mol. The number of aromatic carboxylic acids is 1. The first-order valence-electron chi connectivity index (χ1n) is 12.2. The number of aliphatic hydroxyl groups is 1. The fourth-order valence-corrected chi connectivity index (χ4v) is 4.53. The molecule has 0 atom stereocenters. The molecule has 5 rings (SSSR count). The molecule has 0 bridgehead atoms. The summed E-state index contributed by atoms with van der Waals surface area (Å²) in [7, 11) is 1.79. The summed E-state index contributed by atoms with van der Waals surface area (Å²) in [5, 5.41) is 30.1. The van der Waals surface area contributed by atoms with Crippen LogP contribution >= 0.6 is 0 Å². The Kier molecular flexibility index (Phi) is 6.82. The molecule has 37 heavy (non-hydrogen) atoms. The fourth-order valence-electron chi connectivity index (χ4n) is 4.53. The average molecular weight is 504 g/mol. The number of anilines is 5. The molecule has 1 saturated heterocycles. The summed E-state index contributed by atoms with van der Waals surface area (Å²) in [4.78, 5) is 31.4. The number of aryl methyl sites for hydroxylation is 2. The van der Waals surface area contributed by atoms with Crippen LogP contribution in [0.5, 0.6) is 0 Å². The maximum Gasteiger partial charge on any atom is 0.337 e. The molecule has 0 aliphatic carbocycles. The first-order valence-corrected chi connectivity index (χ1v) is 12.2. The van der Waals surface area contributed by atoms with Crippen LogP contribution in [0.3, 0.4) is 0 Å². The molecule has 0 radical (unpaired) electrons. The molecule has 4 aromatic heterocycles. The quantitative estimate of drug-likeness (QED) is 0.280. The van der Waals surface area contributed by atoms with Crippen molar-refractivity contribution in [1.82, 2.24) is 29.7 Å². The highest BCUT2D eigenvalue weighted by molar-refractivity contribution is 5.92. The Morgan fingerprint density at radius 1 is 1.14 bits per heavy atom. The van der Waals surface area contributed by atoms with E-state index >= 15 is 0 Å². The highest BCUT2D eigenvalue weighted by Crippen LogP contribution is 2.28. The van der Waals surface area contributed by atoms with Gasteiger partial charge in [0, 0.05) is 57.1 Å². The fraction of sp³-hybridized carbons (Fsp3) is 0.360. The summed E-state index contributed by atoms with van der Waals surface area (Å²) in [6.07, 6.45) is 7.73.